The van der Waals surface area contributed by atoms with E-state index in [0.717, 1.165) is 0 Å². The van der Waals surface area contributed by atoms with E-state index in [1.807, 2.05) is 0 Å². The number of anilines is 1. The normalized spacial score (nSPS) is 11.2. The van der Waals surface area contributed by atoms with Crippen LogP contribution in [0.3, 0.4) is 0 Å². The number of aromatic amines is 1. The number of benzene rings is 3. The van der Waals surface area contributed by atoms with Gasteiger partial charge < -0.3 is 19.8 Å². The minimum Gasteiger partial charge on any atom is -0.493 e. The predicted octanol–water partition coefficient (Wildman–Crippen LogP) is 5.69. The highest BCUT2D eigenvalue weighted by atomic mass is 79.9. The van der Waals surface area contributed by atoms with Crippen molar-refractivity contribution >= 4 is 50.2 Å². The number of hydrogen-bond donors (Lipinski definition) is 2. The van der Waals surface area contributed by atoms with Gasteiger partial charge in [0, 0.05) is 5.69 Å². The quantitative estimate of drug-likeness (QED) is 0.294. The number of halogens is 3. The Balaban J connectivity index is 1.54. The summed E-state index contributed by atoms with van der Waals surface area (Å²) in [6, 6.07) is 14.9. The second kappa shape index (κ2) is 10.4. The molecule has 0 spiro atoms. The summed E-state index contributed by atoms with van der Waals surface area (Å²) in [5.41, 5.74) is 2.26. The average Bonchev–Trinajstić information content (AvgIpc) is 3.26. The van der Waals surface area contributed by atoms with Crippen LogP contribution in [0.15, 0.2) is 59.1 Å². The number of methoxy groups -OCH3 is 1. The Morgan fingerprint density at radius 3 is 2.63 bits per heavy atom. The summed E-state index contributed by atoms with van der Waals surface area (Å²) in [6.07, 6.45) is 1.59. The fourth-order valence-corrected chi connectivity index (χ4v) is 3.84. The van der Waals surface area contributed by atoms with Crippen molar-refractivity contribution in [2.75, 3.05) is 19.0 Å². The van der Waals surface area contributed by atoms with Crippen LogP contribution in [0.5, 0.6) is 11.5 Å². The van der Waals surface area contributed by atoms with E-state index >= 15 is 0 Å². The number of hydrogen-bond acceptors (Lipinski definition) is 5. The van der Waals surface area contributed by atoms with Gasteiger partial charge in [0.25, 0.3) is 5.91 Å². The van der Waals surface area contributed by atoms with Gasteiger partial charge in [0.2, 0.25) is 0 Å². The van der Waals surface area contributed by atoms with Crippen LogP contribution in [-0.2, 0) is 4.79 Å². The van der Waals surface area contributed by atoms with Gasteiger partial charge in [-0.1, -0.05) is 0 Å². The molecule has 35 heavy (non-hydrogen) atoms. The van der Waals surface area contributed by atoms with Gasteiger partial charge in [0.15, 0.2) is 18.1 Å². The number of nitrogens with zero attached hydrogens (tertiary/aromatic N) is 2. The van der Waals surface area contributed by atoms with Crippen molar-refractivity contribution in [2.24, 2.45) is 0 Å². The number of imidazole rings is 1. The van der Waals surface area contributed by atoms with Crippen molar-refractivity contribution in [3.63, 3.8) is 0 Å². The summed E-state index contributed by atoms with van der Waals surface area (Å²) < 4.78 is 38.0. The van der Waals surface area contributed by atoms with Crippen molar-refractivity contribution < 1.29 is 23.0 Å². The monoisotopic (exact) mass is 538 g/mol. The van der Waals surface area contributed by atoms with Crippen LogP contribution in [0.2, 0.25) is 0 Å². The van der Waals surface area contributed by atoms with Crippen LogP contribution in [0.25, 0.3) is 22.7 Å². The Labute approximate surface area is 207 Å². The first-order valence-corrected chi connectivity index (χ1v) is 11.0. The van der Waals surface area contributed by atoms with E-state index in [-0.39, 0.29) is 17.9 Å². The Bertz CT molecular complexity index is 1480. The Kier molecular flexibility index (Phi) is 7.08. The van der Waals surface area contributed by atoms with Gasteiger partial charge >= 0.3 is 0 Å². The number of nitrogens with one attached hydrogen (secondary N) is 2. The van der Waals surface area contributed by atoms with Crippen LogP contribution in [0.1, 0.15) is 11.4 Å². The number of nitriles is 1. The summed E-state index contributed by atoms with van der Waals surface area (Å²) in [5.74, 6) is -0.356. The molecule has 0 aliphatic carbocycles. The number of fused-ring (bicyclic) bond motifs is 1. The van der Waals surface area contributed by atoms with Crippen molar-refractivity contribution in [3.8, 4) is 17.6 Å². The maximum atomic E-state index is 13.5. The minimum atomic E-state index is -0.442. The molecule has 0 atom stereocenters. The van der Waals surface area contributed by atoms with Crippen molar-refractivity contribution in [1.82, 2.24) is 9.97 Å². The number of carbonyl (C=O) groups excluding carboxylic acids is 1. The lowest BCUT2D eigenvalue weighted by Crippen LogP contribution is -2.20. The Morgan fingerprint density at radius 1 is 1.17 bits per heavy atom. The molecule has 4 aromatic rings. The Morgan fingerprint density at radius 2 is 1.91 bits per heavy atom. The smallest absolute Gasteiger partial charge is 0.262 e. The molecule has 7 nitrogen and oxygen atoms in total. The molecule has 1 heterocycles. The number of aromatic nitrogens is 2. The second-order valence-electron chi connectivity index (χ2n) is 7.29. The molecule has 0 aliphatic rings. The molecule has 0 saturated heterocycles. The Hall–Kier alpha value is -4.23. The molecular weight excluding hydrogens is 522 g/mol. The SMILES string of the molecule is COc1cc(/C=C(/C#N)c2nc3ccc(F)cc3[nH]2)cc(Br)c1OCC(=O)Nc1ccc(F)cc1. The molecule has 3 aromatic carbocycles. The van der Waals surface area contributed by atoms with Gasteiger partial charge in [-0.25, -0.2) is 13.8 Å². The highest BCUT2D eigenvalue weighted by Crippen LogP contribution is 2.37. The summed E-state index contributed by atoms with van der Waals surface area (Å²) in [7, 11) is 1.44. The zero-order chi connectivity index (χ0) is 24.9. The molecule has 2 N–H and O–H groups in total. The van der Waals surface area contributed by atoms with Crippen LogP contribution in [0.4, 0.5) is 14.5 Å². The van der Waals surface area contributed by atoms with Crippen LogP contribution in [-0.4, -0.2) is 29.6 Å². The molecule has 1 amide bonds. The molecule has 0 aliphatic heterocycles. The van der Waals surface area contributed by atoms with E-state index in [2.05, 4.69) is 37.3 Å². The zero-order valence-electron chi connectivity index (χ0n) is 18.2. The first-order valence-electron chi connectivity index (χ1n) is 10.2. The fraction of sp³-hybridized carbons (Fsp3) is 0.0800. The fourth-order valence-electron chi connectivity index (χ4n) is 3.26. The third-order valence-corrected chi connectivity index (χ3v) is 5.45. The van der Waals surface area contributed by atoms with Crippen LogP contribution >= 0.6 is 15.9 Å². The molecule has 0 unspecified atom stereocenters. The van der Waals surface area contributed by atoms with Gasteiger partial charge in [-0.2, -0.15) is 5.26 Å². The zero-order valence-corrected chi connectivity index (χ0v) is 19.8. The van der Waals surface area contributed by atoms with Crippen LogP contribution < -0.4 is 14.8 Å². The first kappa shape index (κ1) is 23.9. The average molecular weight is 539 g/mol. The third kappa shape index (κ3) is 5.65. The summed E-state index contributed by atoms with van der Waals surface area (Å²) in [4.78, 5) is 19.5. The third-order valence-electron chi connectivity index (χ3n) is 4.86. The molecule has 176 valence electrons. The number of H-pyrrole nitrogens is 1. The second-order valence-corrected chi connectivity index (χ2v) is 8.15. The molecule has 1 aromatic heterocycles. The molecular formula is C25H17BrF2N4O3. The van der Waals surface area contributed by atoms with Gasteiger partial charge in [-0.15, -0.1) is 0 Å². The van der Waals surface area contributed by atoms with Gasteiger partial charge in [0.1, 0.15) is 23.5 Å². The number of amides is 1. The summed E-state index contributed by atoms with van der Waals surface area (Å²) >= 11 is 3.41. The van der Waals surface area contributed by atoms with E-state index in [9.17, 15) is 18.8 Å². The molecule has 0 fully saturated rings. The lowest BCUT2D eigenvalue weighted by molar-refractivity contribution is -0.118. The molecule has 0 radical (unpaired) electrons. The predicted molar refractivity (Wildman–Crippen MR) is 131 cm³/mol. The summed E-state index contributed by atoms with van der Waals surface area (Å²) in [5, 5.41) is 12.3. The largest absolute Gasteiger partial charge is 0.493 e. The molecule has 4 rings (SSSR count). The first-order chi connectivity index (χ1) is 16.9. The molecule has 0 saturated carbocycles. The standard InChI is InChI=1S/C25H17BrF2N4O3/c1-34-22-10-14(8-15(12-29)25-31-20-7-4-17(28)11-21(20)32-25)9-19(26)24(22)35-13-23(33)30-18-5-2-16(27)3-6-18/h2-11H,13H2,1H3,(H,30,33)(H,31,32)/b15-8-. The van der Waals surface area contributed by atoms with E-state index in [1.54, 1.807) is 18.2 Å². The van der Waals surface area contributed by atoms with Gasteiger partial charge in [-0.05, 0) is 82.2 Å². The lowest BCUT2D eigenvalue weighted by atomic mass is 10.1. The van der Waals surface area contributed by atoms with E-state index < -0.39 is 17.5 Å². The lowest BCUT2D eigenvalue weighted by Gasteiger charge is -2.14. The number of rotatable bonds is 7. The highest BCUT2D eigenvalue weighted by Gasteiger charge is 2.15. The van der Waals surface area contributed by atoms with E-state index in [1.165, 1.54) is 49.6 Å². The number of allylic oxidation sites excluding steroid dienone is 1. The number of carbonyl (C=O) groups is 1. The van der Waals surface area contributed by atoms with E-state index in [0.29, 0.717) is 38.3 Å². The summed E-state index contributed by atoms with van der Waals surface area (Å²) in [6.45, 7) is -0.319. The highest BCUT2D eigenvalue weighted by molar-refractivity contribution is 9.10. The minimum absolute atomic E-state index is 0.225. The maximum absolute atomic E-state index is 13.5. The topological polar surface area (TPSA) is 100 Å². The van der Waals surface area contributed by atoms with Gasteiger partial charge in [0.05, 0.1) is 28.2 Å². The maximum Gasteiger partial charge on any atom is 0.262 e. The molecule has 10 heteroatoms. The van der Waals surface area contributed by atoms with Crippen molar-refractivity contribution in [2.45, 2.75) is 0 Å². The van der Waals surface area contributed by atoms with Crippen molar-refractivity contribution in [1.29, 1.82) is 5.26 Å². The van der Waals surface area contributed by atoms with Gasteiger partial charge in [-0.3, -0.25) is 4.79 Å². The number of ether oxygens (including phenoxy) is 2. The molecule has 0 bridgehead atoms. The van der Waals surface area contributed by atoms with E-state index in [4.69, 9.17) is 9.47 Å². The van der Waals surface area contributed by atoms with Crippen molar-refractivity contribution in [3.05, 3.63) is 82.1 Å². The van der Waals surface area contributed by atoms with Crippen LogP contribution in [0, 0.1) is 23.0 Å².